The second kappa shape index (κ2) is 11.9. The summed E-state index contributed by atoms with van der Waals surface area (Å²) < 4.78 is 5.06. The first-order valence-electron chi connectivity index (χ1n) is 6.86. The van der Waals surface area contributed by atoms with Gasteiger partial charge in [-0.1, -0.05) is 26.2 Å². The van der Waals surface area contributed by atoms with Crippen molar-refractivity contribution in [2.75, 3.05) is 19.7 Å². The average Bonchev–Trinajstić information content (AvgIpc) is 2.32. The van der Waals surface area contributed by atoms with Crippen molar-refractivity contribution in [2.45, 2.75) is 58.4 Å². The number of ether oxygens (including phenoxy) is 1. The normalized spacial score (nSPS) is 12.4. The summed E-state index contributed by atoms with van der Waals surface area (Å²) in [5, 5.41) is 3.28. The summed E-state index contributed by atoms with van der Waals surface area (Å²) in [6, 6.07) is -0.154. The van der Waals surface area contributed by atoms with Gasteiger partial charge in [0.1, 0.15) is 6.04 Å². The lowest BCUT2D eigenvalue weighted by atomic mass is 10.1. The number of nitrogens with two attached hydrogens (primary N) is 1. The van der Waals surface area contributed by atoms with Crippen molar-refractivity contribution in [1.29, 1.82) is 0 Å². The van der Waals surface area contributed by atoms with Crippen LogP contribution in [0.1, 0.15) is 52.4 Å². The topological polar surface area (TPSA) is 64.3 Å². The van der Waals surface area contributed by atoms with Gasteiger partial charge in [-0.2, -0.15) is 0 Å². The molecule has 0 unspecified atom stereocenters. The molecule has 0 aromatic rings. The highest BCUT2D eigenvalue weighted by atomic mass is 16.5. The maximum Gasteiger partial charge on any atom is 0.323 e. The number of hydrogen-bond donors (Lipinski definition) is 2. The van der Waals surface area contributed by atoms with E-state index in [1.165, 1.54) is 12.8 Å². The third-order valence-corrected chi connectivity index (χ3v) is 2.69. The molecule has 3 N–H and O–H groups in total. The van der Waals surface area contributed by atoms with E-state index >= 15 is 0 Å². The van der Waals surface area contributed by atoms with Gasteiger partial charge in [0.25, 0.3) is 0 Å². The maximum atomic E-state index is 11.7. The lowest BCUT2D eigenvalue weighted by Crippen LogP contribution is -2.38. The molecule has 4 nitrogen and oxygen atoms in total. The molecule has 0 spiro atoms. The minimum atomic E-state index is -0.154. The van der Waals surface area contributed by atoms with Crippen LogP contribution in [0.15, 0.2) is 0 Å². The Bertz CT molecular complexity index is 186. The fourth-order valence-corrected chi connectivity index (χ4v) is 1.69. The van der Waals surface area contributed by atoms with Gasteiger partial charge in [0.15, 0.2) is 0 Å². The molecule has 0 fully saturated rings. The van der Waals surface area contributed by atoms with Crippen LogP contribution in [0.4, 0.5) is 0 Å². The number of esters is 1. The van der Waals surface area contributed by atoms with Crippen LogP contribution in [-0.2, 0) is 9.53 Å². The fraction of sp³-hybridized carbons (Fsp3) is 0.923. The molecule has 0 heterocycles. The van der Waals surface area contributed by atoms with Gasteiger partial charge in [-0.3, -0.25) is 4.79 Å². The molecular formula is C13H28N2O2. The third kappa shape index (κ3) is 9.12. The van der Waals surface area contributed by atoms with Gasteiger partial charge >= 0.3 is 5.97 Å². The summed E-state index contributed by atoms with van der Waals surface area (Å²) >= 11 is 0. The van der Waals surface area contributed by atoms with Gasteiger partial charge in [-0.25, -0.2) is 0 Å². The molecule has 0 radical (unpaired) electrons. The smallest absolute Gasteiger partial charge is 0.323 e. The van der Waals surface area contributed by atoms with Crippen molar-refractivity contribution in [3.05, 3.63) is 0 Å². The van der Waals surface area contributed by atoms with Gasteiger partial charge in [0.05, 0.1) is 6.61 Å². The molecule has 0 aliphatic heterocycles. The van der Waals surface area contributed by atoms with E-state index in [2.05, 4.69) is 12.2 Å². The van der Waals surface area contributed by atoms with E-state index in [9.17, 15) is 4.79 Å². The zero-order chi connectivity index (χ0) is 12.9. The van der Waals surface area contributed by atoms with Crippen LogP contribution in [0.5, 0.6) is 0 Å². The van der Waals surface area contributed by atoms with Crippen LogP contribution in [-0.4, -0.2) is 31.7 Å². The van der Waals surface area contributed by atoms with Crippen LogP contribution in [0, 0.1) is 0 Å². The number of unbranched alkanes of at least 4 members (excludes halogenated alkanes) is 3. The molecule has 17 heavy (non-hydrogen) atoms. The molecular weight excluding hydrogens is 216 g/mol. The summed E-state index contributed by atoms with van der Waals surface area (Å²) in [5.74, 6) is -0.124. The molecule has 0 aromatic heterocycles. The van der Waals surface area contributed by atoms with Gasteiger partial charge in [0.2, 0.25) is 0 Å². The summed E-state index contributed by atoms with van der Waals surface area (Å²) in [7, 11) is 0. The summed E-state index contributed by atoms with van der Waals surface area (Å²) in [6.07, 6.45) is 6.27. The Morgan fingerprint density at radius 3 is 2.59 bits per heavy atom. The standard InChI is InChI=1S/C13H28N2O2/c1-3-5-8-11-15-12(9-6-7-10-14)13(16)17-4-2/h12,15H,3-11,14H2,1-2H3/t12-/m0/s1. The Labute approximate surface area is 105 Å². The maximum absolute atomic E-state index is 11.7. The van der Waals surface area contributed by atoms with E-state index in [4.69, 9.17) is 10.5 Å². The van der Waals surface area contributed by atoms with Gasteiger partial charge in [0, 0.05) is 0 Å². The first-order valence-corrected chi connectivity index (χ1v) is 6.86. The Balaban J connectivity index is 3.87. The minimum Gasteiger partial charge on any atom is -0.465 e. The first-order chi connectivity index (χ1) is 8.26. The van der Waals surface area contributed by atoms with E-state index in [1.807, 2.05) is 6.92 Å². The van der Waals surface area contributed by atoms with Gasteiger partial charge < -0.3 is 15.8 Å². The quantitative estimate of drug-likeness (QED) is 0.430. The van der Waals surface area contributed by atoms with Gasteiger partial charge in [-0.15, -0.1) is 0 Å². The minimum absolute atomic E-state index is 0.124. The second-order valence-electron chi connectivity index (χ2n) is 4.25. The zero-order valence-corrected chi connectivity index (χ0v) is 11.3. The summed E-state index contributed by atoms with van der Waals surface area (Å²) in [5.41, 5.74) is 5.45. The molecule has 0 aliphatic carbocycles. The van der Waals surface area contributed by atoms with Gasteiger partial charge in [-0.05, 0) is 39.3 Å². The molecule has 1 atom stereocenters. The van der Waals surface area contributed by atoms with E-state index in [0.717, 1.165) is 32.2 Å². The highest BCUT2D eigenvalue weighted by molar-refractivity contribution is 5.75. The average molecular weight is 244 g/mol. The highest BCUT2D eigenvalue weighted by Crippen LogP contribution is 2.03. The predicted octanol–water partition coefficient (Wildman–Crippen LogP) is 1.83. The number of carbonyl (C=O) groups is 1. The molecule has 0 aromatic carbocycles. The third-order valence-electron chi connectivity index (χ3n) is 2.69. The summed E-state index contributed by atoms with van der Waals surface area (Å²) in [4.78, 5) is 11.7. The Morgan fingerprint density at radius 1 is 1.24 bits per heavy atom. The molecule has 0 bridgehead atoms. The van der Waals surface area contributed by atoms with Crippen LogP contribution in [0.2, 0.25) is 0 Å². The van der Waals surface area contributed by atoms with E-state index in [0.29, 0.717) is 13.2 Å². The summed E-state index contributed by atoms with van der Waals surface area (Å²) in [6.45, 7) is 6.03. The molecule has 0 saturated carbocycles. The van der Waals surface area contributed by atoms with Crippen molar-refractivity contribution in [1.82, 2.24) is 5.32 Å². The monoisotopic (exact) mass is 244 g/mol. The second-order valence-corrected chi connectivity index (χ2v) is 4.25. The van der Waals surface area contributed by atoms with Crippen LogP contribution in [0.3, 0.4) is 0 Å². The lowest BCUT2D eigenvalue weighted by Gasteiger charge is -2.17. The molecule has 0 amide bonds. The Kier molecular flexibility index (Phi) is 11.4. The van der Waals surface area contributed by atoms with Crippen molar-refractivity contribution < 1.29 is 9.53 Å². The molecule has 0 saturated heterocycles. The largest absolute Gasteiger partial charge is 0.465 e. The highest BCUT2D eigenvalue weighted by Gasteiger charge is 2.17. The Morgan fingerprint density at radius 2 is 2.00 bits per heavy atom. The van der Waals surface area contributed by atoms with Crippen molar-refractivity contribution in [3.63, 3.8) is 0 Å². The zero-order valence-electron chi connectivity index (χ0n) is 11.3. The SMILES string of the molecule is CCCCCN[C@@H](CCCCN)C(=O)OCC. The first kappa shape index (κ1) is 16.4. The Hall–Kier alpha value is -0.610. The van der Waals surface area contributed by atoms with Crippen molar-refractivity contribution >= 4 is 5.97 Å². The van der Waals surface area contributed by atoms with Crippen LogP contribution < -0.4 is 11.1 Å². The molecule has 102 valence electrons. The van der Waals surface area contributed by atoms with Crippen LogP contribution >= 0.6 is 0 Å². The number of rotatable bonds is 11. The number of nitrogens with one attached hydrogen (secondary N) is 1. The number of carbonyl (C=O) groups excluding carboxylic acids is 1. The van der Waals surface area contributed by atoms with Crippen molar-refractivity contribution in [3.8, 4) is 0 Å². The molecule has 4 heteroatoms. The van der Waals surface area contributed by atoms with Crippen molar-refractivity contribution in [2.24, 2.45) is 5.73 Å². The molecule has 0 rings (SSSR count). The van der Waals surface area contributed by atoms with E-state index < -0.39 is 0 Å². The fourth-order valence-electron chi connectivity index (χ4n) is 1.69. The molecule has 0 aliphatic rings. The van der Waals surface area contributed by atoms with Crippen LogP contribution in [0.25, 0.3) is 0 Å². The predicted molar refractivity (Wildman–Crippen MR) is 70.9 cm³/mol. The van der Waals surface area contributed by atoms with E-state index in [1.54, 1.807) is 0 Å². The number of hydrogen-bond acceptors (Lipinski definition) is 4. The van der Waals surface area contributed by atoms with E-state index in [-0.39, 0.29) is 12.0 Å². The lowest BCUT2D eigenvalue weighted by molar-refractivity contribution is -0.145.